The summed E-state index contributed by atoms with van der Waals surface area (Å²) in [6.45, 7) is 8.78. The Kier molecular flexibility index (Phi) is 7.45. The number of hydrogen-bond acceptors (Lipinski definition) is 4. The molecular formula is C16H33NO3. The predicted molar refractivity (Wildman–Crippen MR) is 81.8 cm³/mol. The van der Waals surface area contributed by atoms with Crippen molar-refractivity contribution < 1.29 is 14.9 Å². The summed E-state index contributed by atoms with van der Waals surface area (Å²) in [6, 6.07) is 0. The molecule has 0 aromatic carbocycles. The number of nitrogens with one attached hydrogen (secondary N) is 1. The zero-order chi connectivity index (χ0) is 15.1. The lowest BCUT2D eigenvalue weighted by Crippen LogP contribution is -2.46. The van der Waals surface area contributed by atoms with Gasteiger partial charge in [0.1, 0.15) is 0 Å². The van der Waals surface area contributed by atoms with Crippen LogP contribution in [-0.4, -0.2) is 48.2 Å². The smallest absolute Gasteiger partial charge is 0.0897 e. The van der Waals surface area contributed by atoms with Crippen molar-refractivity contribution in [3.63, 3.8) is 0 Å². The van der Waals surface area contributed by atoms with Gasteiger partial charge in [-0.15, -0.1) is 0 Å². The largest absolute Gasteiger partial charge is 0.389 e. The molecule has 1 fully saturated rings. The van der Waals surface area contributed by atoms with Gasteiger partial charge in [0.15, 0.2) is 0 Å². The molecule has 4 heteroatoms. The Hall–Kier alpha value is -0.160. The molecule has 0 spiro atoms. The Morgan fingerprint density at radius 1 is 1.20 bits per heavy atom. The van der Waals surface area contributed by atoms with E-state index >= 15 is 0 Å². The molecule has 1 rings (SSSR count). The van der Waals surface area contributed by atoms with Crippen molar-refractivity contribution in [3.8, 4) is 0 Å². The number of aliphatic hydroxyl groups excluding tert-OH is 1. The van der Waals surface area contributed by atoms with E-state index in [1.165, 1.54) is 0 Å². The van der Waals surface area contributed by atoms with E-state index in [-0.39, 0.29) is 0 Å². The highest BCUT2D eigenvalue weighted by molar-refractivity contribution is 4.90. The van der Waals surface area contributed by atoms with Gasteiger partial charge < -0.3 is 20.3 Å². The van der Waals surface area contributed by atoms with Gasteiger partial charge >= 0.3 is 0 Å². The Balaban J connectivity index is 2.11. The average Bonchev–Trinajstić information content (AvgIpc) is 2.39. The van der Waals surface area contributed by atoms with Crippen molar-refractivity contribution in [3.05, 3.63) is 0 Å². The van der Waals surface area contributed by atoms with E-state index in [1.807, 2.05) is 0 Å². The SMILES string of the molecule is CCCCOCC(O)CNCC1(O)CCC(C)(C)CC1. The molecule has 0 saturated heterocycles. The molecule has 1 unspecified atom stereocenters. The first-order valence-corrected chi connectivity index (χ1v) is 8.06. The van der Waals surface area contributed by atoms with Gasteiger partial charge in [-0.3, -0.25) is 0 Å². The molecule has 1 aliphatic carbocycles. The van der Waals surface area contributed by atoms with Gasteiger partial charge in [-0.25, -0.2) is 0 Å². The van der Waals surface area contributed by atoms with Crippen molar-refractivity contribution in [2.45, 2.75) is 71.0 Å². The van der Waals surface area contributed by atoms with E-state index in [0.717, 1.165) is 38.5 Å². The lowest BCUT2D eigenvalue weighted by atomic mass is 9.71. The molecule has 1 saturated carbocycles. The zero-order valence-electron chi connectivity index (χ0n) is 13.5. The minimum absolute atomic E-state index is 0.360. The lowest BCUT2D eigenvalue weighted by molar-refractivity contribution is -0.0280. The van der Waals surface area contributed by atoms with Crippen LogP contribution in [0.2, 0.25) is 0 Å². The number of hydrogen-bond donors (Lipinski definition) is 3. The minimum atomic E-state index is -0.599. The van der Waals surface area contributed by atoms with E-state index in [2.05, 4.69) is 26.1 Å². The Morgan fingerprint density at radius 2 is 1.85 bits per heavy atom. The van der Waals surface area contributed by atoms with Crippen molar-refractivity contribution in [1.82, 2.24) is 5.32 Å². The van der Waals surface area contributed by atoms with Crippen LogP contribution in [0.5, 0.6) is 0 Å². The second-order valence-corrected chi connectivity index (χ2v) is 7.10. The lowest BCUT2D eigenvalue weighted by Gasteiger charge is -2.40. The Labute approximate surface area is 123 Å². The van der Waals surface area contributed by atoms with E-state index in [1.54, 1.807) is 0 Å². The third kappa shape index (κ3) is 7.02. The predicted octanol–water partition coefficient (Wildman–Crippen LogP) is 2.08. The van der Waals surface area contributed by atoms with Gasteiger partial charge in [0.25, 0.3) is 0 Å². The molecule has 0 amide bonds. The van der Waals surface area contributed by atoms with E-state index < -0.39 is 11.7 Å². The van der Waals surface area contributed by atoms with E-state index in [4.69, 9.17) is 4.74 Å². The molecule has 0 aliphatic heterocycles. The second kappa shape index (κ2) is 8.32. The maximum absolute atomic E-state index is 10.5. The second-order valence-electron chi connectivity index (χ2n) is 7.10. The quantitative estimate of drug-likeness (QED) is 0.568. The van der Waals surface area contributed by atoms with Gasteiger partial charge in [0, 0.05) is 19.7 Å². The van der Waals surface area contributed by atoms with Crippen molar-refractivity contribution >= 4 is 0 Å². The topological polar surface area (TPSA) is 61.7 Å². The molecule has 0 aromatic heterocycles. The van der Waals surface area contributed by atoms with Gasteiger partial charge in [-0.2, -0.15) is 0 Å². The van der Waals surface area contributed by atoms with Gasteiger partial charge in [0.05, 0.1) is 18.3 Å². The summed E-state index contributed by atoms with van der Waals surface area (Å²) in [6.07, 6.45) is 5.47. The molecular weight excluding hydrogens is 254 g/mol. The first-order chi connectivity index (χ1) is 9.37. The molecule has 3 N–H and O–H groups in total. The summed E-state index contributed by atoms with van der Waals surface area (Å²) >= 11 is 0. The van der Waals surface area contributed by atoms with Crippen molar-refractivity contribution in [2.24, 2.45) is 5.41 Å². The molecule has 1 aliphatic rings. The number of aliphatic hydroxyl groups is 2. The summed E-state index contributed by atoms with van der Waals surface area (Å²) < 4.78 is 5.38. The van der Waals surface area contributed by atoms with Gasteiger partial charge in [-0.1, -0.05) is 27.2 Å². The van der Waals surface area contributed by atoms with Crippen LogP contribution < -0.4 is 5.32 Å². The monoisotopic (exact) mass is 287 g/mol. The highest BCUT2D eigenvalue weighted by Crippen LogP contribution is 2.39. The first kappa shape index (κ1) is 17.9. The number of ether oxygens (including phenoxy) is 1. The third-order valence-electron chi connectivity index (χ3n) is 4.32. The zero-order valence-corrected chi connectivity index (χ0v) is 13.5. The van der Waals surface area contributed by atoms with Crippen LogP contribution >= 0.6 is 0 Å². The highest BCUT2D eigenvalue weighted by atomic mass is 16.5. The fourth-order valence-corrected chi connectivity index (χ4v) is 2.57. The average molecular weight is 287 g/mol. The number of rotatable bonds is 9. The highest BCUT2D eigenvalue weighted by Gasteiger charge is 2.36. The van der Waals surface area contributed by atoms with Crippen molar-refractivity contribution in [2.75, 3.05) is 26.3 Å². The Morgan fingerprint density at radius 3 is 2.45 bits per heavy atom. The summed E-state index contributed by atoms with van der Waals surface area (Å²) in [5, 5.41) is 23.4. The molecule has 4 nitrogen and oxygen atoms in total. The van der Waals surface area contributed by atoms with Gasteiger partial charge in [0.2, 0.25) is 0 Å². The van der Waals surface area contributed by atoms with E-state index in [0.29, 0.717) is 31.7 Å². The molecule has 20 heavy (non-hydrogen) atoms. The normalized spacial score (nSPS) is 22.6. The summed E-state index contributed by atoms with van der Waals surface area (Å²) in [4.78, 5) is 0. The van der Waals surface area contributed by atoms with Crippen LogP contribution in [0.3, 0.4) is 0 Å². The summed E-state index contributed by atoms with van der Waals surface area (Å²) in [7, 11) is 0. The molecule has 120 valence electrons. The summed E-state index contributed by atoms with van der Waals surface area (Å²) in [5.41, 5.74) is -0.239. The minimum Gasteiger partial charge on any atom is -0.389 e. The standard InChI is InChI=1S/C16H33NO3/c1-4-5-10-20-12-14(18)11-17-13-16(19)8-6-15(2,3)7-9-16/h14,17-19H,4-13H2,1-3H3. The Bertz CT molecular complexity index is 258. The molecule has 0 bridgehead atoms. The third-order valence-corrected chi connectivity index (χ3v) is 4.32. The van der Waals surface area contributed by atoms with Crippen LogP contribution in [0.15, 0.2) is 0 Å². The van der Waals surface area contributed by atoms with Gasteiger partial charge in [-0.05, 0) is 37.5 Å². The van der Waals surface area contributed by atoms with Crippen LogP contribution in [0, 0.1) is 5.41 Å². The first-order valence-electron chi connectivity index (χ1n) is 8.06. The molecule has 0 radical (unpaired) electrons. The fraction of sp³-hybridized carbons (Fsp3) is 1.00. The van der Waals surface area contributed by atoms with Crippen LogP contribution in [0.1, 0.15) is 59.3 Å². The van der Waals surface area contributed by atoms with Crippen LogP contribution in [0.4, 0.5) is 0 Å². The molecule has 1 atom stereocenters. The molecule has 0 heterocycles. The molecule has 0 aromatic rings. The van der Waals surface area contributed by atoms with Crippen LogP contribution in [-0.2, 0) is 4.74 Å². The number of unbranched alkanes of at least 4 members (excludes halogenated alkanes) is 1. The van der Waals surface area contributed by atoms with Crippen molar-refractivity contribution in [1.29, 1.82) is 0 Å². The maximum Gasteiger partial charge on any atom is 0.0897 e. The summed E-state index contributed by atoms with van der Waals surface area (Å²) in [5.74, 6) is 0. The van der Waals surface area contributed by atoms with E-state index in [9.17, 15) is 10.2 Å². The van der Waals surface area contributed by atoms with Crippen LogP contribution in [0.25, 0.3) is 0 Å². The maximum atomic E-state index is 10.5. The fourth-order valence-electron chi connectivity index (χ4n) is 2.57.